The molecule has 2 aliphatic heterocycles. The third-order valence-corrected chi connectivity index (χ3v) is 8.49. The van der Waals surface area contributed by atoms with E-state index in [1.54, 1.807) is 0 Å². The summed E-state index contributed by atoms with van der Waals surface area (Å²) in [6, 6.07) is 1.36. The van der Waals surface area contributed by atoms with Gasteiger partial charge in [-0.15, -0.1) is 0 Å². The summed E-state index contributed by atoms with van der Waals surface area (Å²) < 4.78 is 20.2. The van der Waals surface area contributed by atoms with Crippen LogP contribution in [0.5, 0.6) is 0 Å². The Bertz CT molecular complexity index is 583. The fourth-order valence-electron chi connectivity index (χ4n) is 6.67. The lowest BCUT2D eigenvalue weighted by atomic mass is 9.77. The van der Waals surface area contributed by atoms with Gasteiger partial charge in [0.25, 0.3) is 0 Å². The summed E-state index contributed by atoms with van der Waals surface area (Å²) in [5.74, 6) is 1.41. The van der Waals surface area contributed by atoms with Crippen molar-refractivity contribution in [3.63, 3.8) is 0 Å². The summed E-state index contributed by atoms with van der Waals surface area (Å²) in [7, 11) is 0. The zero-order valence-electron chi connectivity index (χ0n) is 17.8. The van der Waals surface area contributed by atoms with Crippen LogP contribution in [0, 0.1) is 17.8 Å². The standard InChI is InChI=1S/C23H38FN3O2/c1-14-5-8-19(24)18-12-20(26-22(14)18)23(28)25-16-3-2-4-17(11-16)27-9-10-29-13-21(27)15-6-7-15/h14-22,26H,2-13H2,1H3,(H,25,28). The zero-order valence-corrected chi connectivity index (χ0v) is 17.8. The van der Waals surface area contributed by atoms with Crippen LogP contribution in [0.15, 0.2) is 0 Å². The van der Waals surface area contributed by atoms with Crippen LogP contribution in [0.3, 0.4) is 0 Å². The number of ether oxygens (including phenoxy) is 1. The van der Waals surface area contributed by atoms with E-state index in [0.29, 0.717) is 30.8 Å². The molecule has 0 aromatic rings. The Kier molecular flexibility index (Phi) is 5.87. The van der Waals surface area contributed by atoms with Crippen LogP contribution in [-0.4, -0.2) is 66.9 Å². The van der Waals surface area contributed by atoms with Crippen LogP contribution in [0.1, 0.15) is 64.7 Å². The Hall–Kier alpha value is -0.720. The lowest BCUT2D eigenvalue weighted by molar-refractivity contribution is -0.124. The average Bonchev–Trinajstić information content (AvgIpc) is 3.48. The lowest BCUT2D eigenvalue weighted by Gasteiger charge is -2.44. The van der Waals surface area contributed by atoms with Gasteiger partial charge in [0.05, 0.1) is 19.3 Å². The second-order valence-electron chi connectivity index (χ2n) is 10.5. The van der Waals surface area contributed by atoms with Gasteiger partial charge >= 0.3 is 0 Å². The van der Waals surface area contributed by atoms with Crippen molar-refractivity contribution in [2.45, 2.75) is 101 Å². The molecule has 5 aliphatic rings. The summed E-state index contributed by atoms with van der Waals surface area (Å²) in [4.78, 5) is 15.7. The topological polar surface area (TPSA) is 53.6 Å². The molecule has 5 nitrogen and oxygen atoms in total. The van der Waals surface area contributed by atoms with E-state index in [4.69, 9.17) is 4.74 Å². The Morgan fingerprint density at radius 2 is 2.00 bits per heavy atom. The molecule has 2 saturated heterocycles. The van der Waals surface area contributed by atoms with Gasteiger partial charge in [-0.3, -0.25) is 9.69 Å². The SMILES string of the molecule is CC1CCC(F)C2CC(C(=O)NC3CCCC(N4CCOCC4C4CC4)C3)NC12. The van der Waals surface area contributed by atoms with Crippen molar-refractivity contribution >= 4 is 5.91 Å². The van der Waals surface area contributed by atoms with Crippen LogP contribution in [-0.2, 0) is 9.53 Å². The molecule has 5 fully saturated rings. The van der Waals surface area contributed by atoms with Crippen molar-refractivity contribution in [3.05, 3.63) is 0 Å². The highest BCUT2D eigenvalue weighted by molar-refractivity contribution is 5.82. The van der Waals surface area contributed by atoms with E-state index >= 15 is 0 Å². The number of halogens is 1. The van der Waals surface area contributed by atoms with E-state index in [9.17, 15) is 9.18 Å². The quantitative estimate of drug-likeness (QED) is 0.752. The number of amides is 1. The summed E-state index contributed by atoms with van der Waals surface area (Å²) in [5.41, 5.74) is 0. The van der Waals surface area contributed by atoms with Crippen molar-refractivity contribution in [1.82, 2.24) is 15.5 Å². The fraction of sp³-hybridized carbons (Fsp3) is 0.957. The minimum atomic E-state index is -0.749. The first kappa shape index (κ1) is 20.2. The van der Waals surface area contributed by atoms with Crippen LogP contribution in [0.4, 0.5) is 4.39 Å². The highest BCUT2D eigenvalue weighted by Gasteiger charge is 2.47. The maximum absolute atomic E-state index is 14.4. The predicted molar refractivity (Wildman–Crippen MR) is 110 cm³/mol. The molecule has 2 N–H and O–H groups in total. The molecular formula is C23H38FN3O2. The van der Waals surface area contributed by atoms with Crippen molar-refractivity contribution in [3.8, 4) is 0 Å². The Labute approximate surface area is 174 Å². The molecule has 3 saturated carbocycles. The first-order valence-electron chi connectivity index (χ1n) is 12.1. The Morgan fingerprint density at radius 1 is 1.14 bits per heavy atom. The number of alkyl halides is 1. The van der Waals surface area contributed by atoms with E-state index in [1.807, 2.05) is 0 Å². The van der Waals surface area contributed by atoms with Crippen LogP contribution in [0.2, 0.25) is 0 Å². The molecule has 5 rings (SSSR count). The molecule has 2 heterocycles. The maximum Gasteiger partial charge on any atom is 0.237 e. The number of rotatable bonds is 4. The van der Waals surface area contributed by atoms with Gasteiger partial charge in [-0.2, -0.15) is 0 Å². The largest absolute Gasteiger partial charge is 0.378 e. The molecule has 164 valence electrons. The molecule has 6 heteroatoms. The normalized spacial score (nSPS) is 46.3. The van der Waals surface area contributed by atoms with E-state index in [1.165, 1.54) is 25.7 Å². The minimum Gasteiger partial charge on any atom is -0.378 e. The molecule has 0 spiro atoms. The molecule has 29 heavy (non-hydrogen) atoms. The first-order chi connectivity index (χ1) is 14.1. The fourth-order valence-corrected chi connectivity index (χ4v) is 6.67. The van der Waals surface area contributed by atoms with Gasteiger partial charge in [-0.05, 0) is 69.6 Å². The first-order valence-corrected chi connectivity index (χ1v) is 12.1. The molecular weight excluding hydrogens is 369 g/mol. The van der Waals surface area contributed by atoms with Gasteiger partial charge in [-0.25, -0.2) is 4.39 Å². The molecule has 0 radical (unpaired) electrons. The third kappa shape index (κ3) is 4.22. The van der Waals surface area contributed by atoms with E-state index in [-0.39, 0.29) is 30.0 Å². The number of carbonyl (C=O) groups excluding carboxylic acids is 1. The van der Waals surface area contributed by atoms with E-state index in [0.717, 1.165) is 44.9 Å². The van der Waals surface area contributed by atoms with Crippen LogP contribution < -0.4 is 10.6 Å². The Morgan fingerprint density at radius 3 is 2.79 bits per heavy atom. The number of morpholine rings is 1. The lowest BCUT2D eigenvalue weighted by Crippen LogP contribution is -2.56. The van der Waals surface area contributed by atoms with Gasteiger partial charge in [-0.1, -0.05) is 6.92 Å². The highest BCUT2D eigenvalue weighted by Crippen LogP contribution is 2.40. The second kappa shape index (κ2) is 8.43. The Balaban J connectivity index is 1.17. The molecule has 3 aliphatic carbocycles. The molecule has 0 bridgehead atoms. The second-order valence-corrected chi connectivity index (χ2v) is 10.5. The molecule has 8 unspecified atom stereocenters. The predicted octanol–water partition coefficient (Wildman–Crippen LogP) is 2.64. The highest BCUT2D eigenvalue weighted by atomic mass is 19.1. The van der Waals surface area contributed by atoms with Gasteiger partial charge in [0.1, 0.15) is 6.17 Å². The van der Waals surface area contributed by atoms with Crippen LogP contribution in [0.25, 0.3) is 0 Å². The number of hydrogen-bond donors (Lipinski definition) is 2. The maximum atomic E-state index is 14.4. The van der Waals surface area contributed by atoms with Crippen LogP contribution >= 0.6 is 0 Å². The number of nitrogens with zero attached hydrogens (tertiary/aromatic N) is 1. The summed E-state index contributed by atoms with van der Waals surface area (Å²) in [6.45, 7) is 4.96. The van der Waals surface area contributed by atoms with Crippen molar-refractivity contribution in [1.29, 1.82) is 0 Å². The van der Waals surface area contributed by atoms with Gasteiger partial charge in [0.2, 0.25) is 5.91 Å². The molecule has 1 amide bonds. The summed E-state index contributed by atoms with van der Waals surface area (Å²) in [5, 5.41) is 6.84. The average molecular weight is 408 g/mol. The number of fused-ring (bicyclic) bond motifs is 1. The van der Waals surface area contributed by atoms with Crippen molar-refractivity contribution in [2.24, 2.45) is 17.8 Å². The van der Waals surface area contributed by atoms with Gasteiger partial charge in [0.15, 0.2) is 0 Å². The molecule has 0 aromatic carbocycles. The van der Waals surface area contributed by atoms with E-state index in [2.05, 4.69) is 22.5 Å². The number of carbonyl (C=O) groups is 1. The van der Waals surface area contributed by atoms with Gasteiger partial charge < -0.3 is 15.4 Å². The molecule has 0 aromatic heterocycles. The summed E-state index contributed by atoms with van der Waals surface area (Å²) >= 11 is 0. The zero-order chi connectivity index (χ0) is 20.0. The number of nitrogens with one attached hydrogen (secondary N) is 2. The van der Waals surface area contributed by atoms with Gasteiger partial charge in [0, 0.05) is 36.6 Å². The third-order valence-electron chi connectivity index (χ3n) is 8.49. The van der Waals surface area contributed by atoms with Crippen molar-refractivity contribution < 1.29 is 13.9 Å². The van der Waals surface area contributed by atoms with Crippen molar-refractivity contribution in [2.75, 3.05) is 19.8 Å². The summed E-state index contributed by atoms with van der Waals surface area (Å²) in [6.07, 6.45) is 8.73. The molecule has 8 atom stereocenters. The monoisotopic (exact) mass is 407 g/mol. The number of hydrogen-bond acceptors (Lipinski definition) is 4. The minimum absolute atomic E-state index is 0.0151. The van der Waals surface area contributed by atoms with E-state index < -0.39 is 6.17 Å². The smallest absolute Gasteiger partial charge is 0.237 e.